The molecule has 1 fully saturated rings. The summed E-state index contributed by atoms with van der Waals surface area (Å²) in [4.78, 5) is 12.5. The number of hydrogen-bond acceptors (Lipinski definition) is 5. The summed E-state index contributed by atoms with van der Waals surface area (Å²) in [5.41, 5.74) is -0.890. The first kappa shape index (κ1) is 21.8. The van der Waals surface area contributed by atoms with E-state index in [9.17, 15) is 31.5 Å². The Hall–Kier alpha value is -1.95. The molecule has 0 aliphatic carbocycles. The largest absolute Gasteiger partial charge is 0.416 e. The summed E-state index contributed by atoms with van der Waals surface area (Å²) in [6.07, 6.45) is -5.06. The van der Waals surface area contributed by atoms with Crippen molar-refractivity contribution in [2.75, 3.05) is 13.1 Å². The molecule has 6 nitrogen and oxygen atoms in total. The van der Waals surface area contributed by atoms with Gasteiger partial charge in [-0.05, 0) is 42.0 Å². The first-order valence-corrected chi connectivity index (χ1v) is 11.1. The predicted molar refractivity (Wildman–Crippen MR) is 101 cm³/mol. The van der Waals surface area contributed by atoms with E-state index < -0.39 is 39.8 Å². The summed E-state index contributed by atoms with van der Waals surface area (Å²) in [7, 11) is -3.80. The van der Waals surface area contributed by atoms with Gasteiger partial charge in [0.1, 0.15) is 10.3 Å². The van der Waals surface area contributed by atoms with Crippen LogP contribution in [0.15, 0.2) is 46.0 Å². The third kappa shape index (κ3) is 4.80. The molecule has 0 saturated carbocycles. The molecule has 1 aliphatic heterocycles. The second-order valence-electron chi connectivity index (χ2n) is 6.59. The molecule has 1 aromatic carbocycles. The number of benzene rings is 1. The lowest BCUT2D eigenvalue weighted by molar-refractivity contribution is -0.137. The summed E-state index contributed by atoms with van der Waals surface area (Å²) in [5, 5.41) is 14.3. The molecular formula is C18H19F3N2O4S2. The quantitative estimate of drug-likeness (QED) is 0.712. The van der Waals surface area contributed by atoms with Crippen LogP contribution >= 0.6 is 11.3 Å². The van der Waals surface area contributed by atoms with E-state index in [2.05, 4.69) is 5.32 Å². The number of nitrogens with one attached hydrogen (secondary N) is 1. The van der Waals surface area contributed by atoms with Crippen LogP contribution in [0.5, 0.6) is 0 Å². The molecule has 0 radical (unpaired) electrons. The van der Waals surface area contributed by atoms with Gasteiger partial charge in [0.15, 0.2) is 0 Å². The van der Waals surface area contributed by atoms with Crippen LogP contribution in [0.4, 0.5) is 13.2 Å². The van der Waals surface area contributed by atoms with Crippen LogP contribution in [0.2, 0.25) is 0 Å². The Labute approximate surface area is 170 Å². The minimum Gasteiger partial charge on any atom is -0.387 e. The number of aliphatic hydroxyl groups is 1. The fourth-order valence-electron chi connectivity index (χ4n) is 3.17. The van der Waals surface area contributed by atoms with E-state index in [0.29, 0.717) is 12.8 Å². The number of alkyl halides is 3. The number of carbonyl (C=O) groups is 1. The number of halogens is 3. The number of hydrogen-bond donors (Lipinski definition) is 2. The topological polar surface area (TPSA) is 86.7 Å². The van der Waals surface area contributed by atoms with Crippen molar-refractivity contribution < 1.29 is 31.5 Å². The molecule has 2 aromatic rings. The number of rotatable bonds is 6. The van der Waals surface area contributed by atoms with Crippen molar-refractivity contribution in [3.05, 3.63) is 52.9 Å². The third-order valence-corrected chi connectivity index (χ3v) is 7.91. The Bertz CT molecular complexity index is 962. The second-order valence-corrected chi connectivity index (χ2v) is 9.66. The Balaban J connectivity index is 1.66. The van der Waals surface area contributed by atoms with Crippen molar-refractivity contribution in [3.63, 3.8) is 0 Å². The zero-order valence-corrected chi connectivity index (χ0v) is 16.7. The maximum atomic E-state index is 12.8. The van der Waals surface area contributed by atoms with Crippen molar-refractivity contribution in [2.24, 2.45) is 0 Å². The lowest BCUT2D eigenvalue weighted by Gasteiger charge is -2.23. The molecular weight excluding hydrogens is 429 g/mol. The summed E-state index contributed by atoms with van der Waals surface area (Å²) >= 11 is 1.06. The van der Waals surface area contributed by atoms with Crippen molar-refractivity contribution in [1.82, 2.24) is 9.62 Å². The van der Waals surface area contributed by atoms with Gasteiger partial charge in [0.25, 0.3) is 10.0 Å². The summed E-state index contributed by atoms with van der Waals surface area (Å²) in [6.45, 7) is -0.127. The van der Waals surface area contributed by atoms with Crippen LogP contribution in [-0.2, 0) is 21.0 Å². The van der Waals surface area contributed by atoms with Crippen LogP contribution in [0.3, 0.4) is 0 Å². The lowest BCUT2D eigenvalue weighted by Crippen LogP contribution is -2.46. The van der Waals surface area contributed by atoms with E-state index in [-0.39, 0.29) is 22.9 Å². The van der Waals surface area contributed by atoms with Crippen LogP contribution in [0.25, 0.3) is 0 Å². The minimum absolute atomic E-state index is 0.00890. The molecule has 1 aromatic heterocycles. The molecule has 3 rings (SSSR count). The van der Waals surface area contributed by atoms with E-state index in [1.807, 2.05) is 0 Å². The highest BCUT2D eigenvalue weighted by atomic mass is 32.2. The van der Waals surface area contributed by atoms with Crippen molar-refractivity contribution in [2.45, 2.75) is 35.4 Å². The van der Waals surface area contributed by atoms with Gasteiger partial charge in [-0.15, -0.1) is 11.3 Å². The van der Waals surface area contributed by atoms with E-state index in [1.165, 1.54) is 18.2 Å². The fourth-order valence-corrected chi connectivity index (χ4v) is 5.95. The standard InChI is InChI=1S/C18H19F3N2O4S2/c19-18(20,21)13-5-1-4-12(10-13)15(24)11-22-17(25)14-6-2-8-23(14)29(26,27)16-7-3-9-28-16/h1,3-5,7,9-10,14-15,24H,2,6,8,11H2,(H,22,25)/t14-,15-/m1/s1. The highest BCUT2D eigenvalue weighted by Crippen LogP contribution is 2.31. The molecule has 11 heteroatoms. The van der Waals surface area contributed by atoms with Crippen LogP contribution < -0.4 is 5.32 Å². The van der Waals surface area contributed by atoms with Crippen LogP contribution in [-0.4, -0.2) is 42.9 Å². The molecule has 29 heavy (non-hydrogen) atoms. The first-order chi connectivity index (χ1) is 13.6. The normalized spacial score (nSPS) is 19.2. The van der Waals surface area contributed by atoms with Gasteiger partial charge in [0.2, 0.25) is 5.91 Å². The molecule has 2 N–H and O–H groups in total. The lowest BCUT2D eigenvalue weighted by atomic mass is 10.1. The zero-order valence-electron chi connectivity index (χ0n) is 15.1. The van der Waals surface area contributed by atoms with E-state index in [4.69, 9.17) is 0 Å². The SMILES string of the molecule is O=C(NC[C@@H](O)c1cccc(C(F)(F)F)c1)[C@H]1CCCN1S(=O)(=O)c1cccs1. The summed E-state index contributed by atoms with van der Waals surface area (Å²) < 4.78 is 65.1. The minimum atomic E-state index is -4.54. The number of sulfonamides is 1. The maximum absolute atomic E-state index is 12.8. The van der Waals surface area contributed by atoms with E-state index in [1.54, 1.807) is 11.4 Å². The van der Waals surface area contributed by atoms with E-state index in [0.717, 1.165) is 27.8 Å². The van der Waals surface area contributed by atoms with Gasteiger partial charge in [0, 0.05) is 13.1 Å². The average Bonchev–Trinajstić information content (AvgIpc) is 3.37. The average molecular weight is 448 g/mol. The smallest absolute Gasteiger partial charge is 0.387 e. The van der Waals surface area contributed by atoms with Gasteiger partial charge in [-0.3, -0.25) is 4.79 Å². The van der Waals surface area contributed by atoms with Crippen LogP contribution in [0, 0.1) is 0 Å². The number of amides is 1. The van der Waals surface area contributed by atoms with Crippen molar-refractivity contribution in [3.8, 4) is 0 Å². The van der Waals surface area contributed by atoms with Gasteiger partial charge < -0.3 is 10.4 Å². The number of aliphatic hydroxyl groups excluding tert-OH is 1. The van der Waals surface area contributed by atoms with Gasteiger partial charge in [-0.25, -0.2) is 8.42 Å². The molecule has 0 bridgehead atoms. The number of nitrogens with zero attached hydrogens (tertiary/aromatic N) is 1. The van der Waals surface area contributed by atoms with Gasteiger partial charge in [-0.1, -0.05) is 18.2 Å². The Morgan fingerprint density at radius 1 is 1.31 bits per heavy atom. The third-order valence-electron chi connectivity index (χ3n) is 4.63. The molecule has 2 heterocycles. The second kappa shape index (κ2) is 8.42. The molecule has 1 amide bonds. The molecule has 1 saturated heterocycles. The molecule has 158 valence electrons. The Morgan fingerprint density at radius 3 is 2.72 bits per heavy atom. The Kier molecular flexibility index (Phi) is 6.32. The predicted octanol–water partition coefficient (Wildman–Crippen LogP) is 2.77. The zero-order chi connectivity index (χ0) is 21.2. The monoisotopic (exact) mass is 448 g/mol. The Morgan fingerprint density at radius 2 is 2.07 bits per heavy atom. The van der Waals surface area contributed by atoms with Gasteiger partial charge in [0.05, 0.1) is 11.7 Å². The maximum Gasteiger partial charge on any atom is 0.416 e. The number of thiophene rings is 1. The van der Waals surface area contributed by atoms with E-state index >= 15 is 0 Å². The molecule has 1 aliphatic rings. The molecule has 0 unspecified atom stereocenters. The number of carbonyl (C=O) groups excluding carboxylic acids is 1. The van der Waals surface area contributed by atoms with Crippen molar-refractivity contribution >= 4 is 27.3 Å². The highest BCUT2D eigenvalue weighted by molar-refractivity contribution is 7.91. The van der Waals surface area contributed by atoms with Crippen molar-refractivity contribution in [1.29, 1.82) is 0 Å². The summed E-state index contributed by atoms with van der Waals surface area (Å²) in [6, 6.07) is 6.36. The molecule has 0 spiro atoms. The molecule has 2 atom stereocenters. The van der Waals surface area contributed by atoms with Gasteiger partial charge >= 0.3 is 6.18 Å². The first-order valence-electron chi connectivity index (χ1n) is 8.79. The van der Waals surface area contributed by atoms with Gasteiger partial charge in [-0.2, -0.15) is 17.5 Å². The summed E-state index contributed by atoms with van der Waals surface area (Å²) in [5.74, 6) is -0.589. The van der Waals surface area contributed by atoms with Crippen LogP contribution in [0.1, 0.15) is 30.1 Å². The fraction of sp³-hybridized carbons (Fsp3) is 0.389. The highest BCUT2D eigenvalue weighted by Gasteiger charge is 2.40.